The van der Waals surface area contributed by atoms with E-state index in [0.29, 0.717) is 13.1 Å². The van der Waals surface area contributed by atoms with Crippen molar-refractivity contribution in [3.05, 3.63) is 59.3 Å². The standard InChI is InChI=1S/C19H24N4O2/c1-22(2)18-9-5-7-15(21-18)12-20-19(25)23-11-10-14-6-3-4-8-16(14)17(23)13-24/h3-9,17,24H,10-13H2,1-2H3,(H,20,25). The molecule has 3 rings (SSSR count). The summed E-state index contributed by atoms with van der Waals surface area (Å²) < 4.78 is 0. The molecule has 6 nitrogen and oxygen atoms in total. The summed E-state index contributed by atoms with van der Waals surface area (Å²) in [5.74, 6) is 0.854. The van der Waals surface area contributed by atoms with E-state index in [1.807, 2.05) is 55.4 Å². The van der Waals surface area contributed by atoms with Crippen LogP contribution in [0.3, 0.4) is 0 Å². The van der Waals surface area contributed by atoms with Gasteiger partial charge in [0.15, 0.2) is 0 Å². The zero-order valence-electron chi connectivity index (χ0n) is 14.6. The van der Waals surface area contributed by atoms with Crippen molar-refractivity contribution in [3.63, 3.8) is 0 Å². The van der Waals surface area contributed by atoms with Crippen LogP contribution in [0.5, 0.6) is 0 Å². The number of anilines is 1. The van der Waals surface area contributed by atoms with Crippen LogP contribution in [0.15, 0.2) is 42.5 Å². The Labute approximate surface area is 148 Å². The summed E-state index contributed by atoms with van der Waals surface area (Å²) in [5.41, 5.74) is 3.03. The van der Waals surface area contributed by atoms with Crippen LogP contribution in [0.1, 0.15) is 22.9 Å². The summed E-state index contributed by atoms with van der Waals surface area (Å²) in [7, 11) is 3.86. The molecule has 1 aromatic heterocycles. The number of hydrogen-bond donors (Lipinski definition) is 2. The Morgan fingerprint density at radius 2 is 2.08 bits per heavy atom. The van der Waals surface area contributed by atoms with Gasteiger partial charge in [-0.15, -0.1) is 0 Å². The third-order valence-corrected chi connectivity index (χ3v) is 4.52. The van der Waals surface area contributed by atoms with Crippen LogP contribution in [-0.4, -0.2) is 48.3 Å². The molecule has 6 heteroatoms. The Bertz CT molecular complexity index is 748. The molecule has 0 radical (unpaired) electrons. The van der Waals surface area contributed by atoms with Crippen LogP contribution in [0.4, 0.5) is 10.6 Å². The minimum absolute atomic E-state index is 0.0845. The van der Waals surface area contributed by atoms with E-state index >= 15 is 0 Å². The van der Waals surface area contributed by atoms with Crippen LogP contribution in [0.2, 0.25) is 0 Å². The van der Waals surface area contributed by atoms with Gasteiger partial charge in [-0.05, 0) is 29.7 Å². The molecular weight excluding hydrogens is 316 g/mol. The van der Waals surface area contributed by atoms with E-state index in [2.05, 4.69) is 16.4 Å². The van der Waals surface area contributed by atoms with E-state index < -0.39 is 0 Å². The van der Waals surface area contributed by atoms with Gasteiger partial charge >= 0.3 is 6.03 Å². The minimum Gasteiger partial charge on any atom is -0.394 e. The van der Waals surface area contributed by atoms with Crippen molar-refractivity contribution in [1.82, 2.24) is 15.2 Å². The maximum Gasteiger partial charge on any atom is 0.318 e. The topological polar surface area (TPSA) is 68.7 Å². The third kappa shape index (κ3) is 3.74. The minimum atomic E-state index is -0.300. The Morgan fingerprint density at radius 1 is 1.28 bits per heavy atom. The van der Waals surface area contributed by atoms with Gasteiger partial charge in [0.25, 0.3) is 0 Å². The summed E-state index contributed by atoms with van der Waals surface area (Å²) in [5, 5.41) is 12.7. The smallest absolute Gasteiger partial charge is 0.318 e. The summed E-state index contributed by atoms with van der Waals surface area (Å²) in [6, 6.07) is 13.2. The van der Waals surface area contributed by atoms with E-state index in [0.717, 1.165) is 23.5 Å². The van der Waals surface area contributed by atoms with E-state index in [4.69, 9.17) is 0 Å². The molecule has 0 fully saturated rings. The highest BCUT2D eigenvalue weighted by Crippen LogP contribution is 2.29. The van der Waals surface area contributed by atoms with Gasteiger partial charge in [-0.3, -0.25) is 0 Å². The Kier molecular flexibility index (Phi) is 5.19. The fourth-order valence-corrected chi connectivity index (χ4v) is 3.17. The number of urea groups is 1. The molecule has 1 atom stereocenters. The quantitative estimate of drug-likeness (QED) is 0.893. The highest BCUT2D eigenvalue weighted by atomic mass is 16.3. The molecule has 0 spiro atoms. The third-order valence-electron chi connectivity index (χ3n) is 4.52. The lowest BCUT2D eigenvalue weighted by Crippen LogP contribution is -2.46. The number of aromatic nitrogens is 1. The number of hydrogen-bond acceptors (Lipinski definition) is 4. The molecule has 2 amide bonds. The molecule has 25 heavy (non-hydrogen) atoms. The van der Waals surface area contributed by atoms with Gasteiger partial charge in [0, 0.05) is 20.6 Å². The van der Waals surface area contributed by atoms with Crippen LogP contribution in [0.25, 0.3) is 0 Å². The first-order valence-electron chi connectivity index (χ1n) is 8.46. The second-order valence-corrected chi connectivity index (χ2v) is 6.38. The molecule has 0 saturated carbocycles. The van der Waals surface area contributed by atoms with Crippen LogP contribution in [-0.2, 0) is 13.0 Å². The number of pyridine rings is 1. The maximum atomic E-state index is 12.6. The molecule has 1 aliphatic heterocycles. The van der Waals surface area contributed by atoms with Crippen LogP contribution >= 0.6 is 0 Å². The normalized spacial score (nSPS) is 16.3. The van der Waals surface area contributed by atoms with Crippen LogP contribution in [0, 0.1) is 0 Å². The lowest BCUT2D eigenvalue weighted by atomic mass is 9.93. The monoisotopic (exact) mass is 340 g/mol. The number of aliphatic hydroxyl groups excluding tert-OH is 1. The number of nitrogens with zero attached hydrogens (tertiary/aromatic N) is 3. The Balaban J connectivity index is 1.68. The van der Waals surface area contributed by atoms with Gasteiger partial charge in [-0.25, -0.2) is 9.78 Å². The molecule has 1 aromatic carbocycles. The zero-order chi connectivity index (χ0) is 17.8. The molecule has 2 aromatic rings. The lowest BCUT2D eigenvalue weighted by molar-refractivity contribution is 0.126. The molecule has 1 aliphatic rings. The number of benzene rings is 1. The number of fused-ring (bicyclic) bond motifs is 1. The lowest BCUT2D eigenvalue weighted by Gasteiger charge is -2.36. The fraction of sp³-hybridized carbons (Fsp3) is 0.368. The van der Waals surface area contributed by atoms with Gasteiger partial charge in [-0.2, -0.15) is 0 Å². The number of aliphatic hydroxyl groups is 1. The molecule has 2 N–H and O–H groups in total. The van der Waals surface area contributed by atoms with Crippen LogP contribution < -0.4 is 10.2 Å². The number of carbonyl (C=O) groups excluding carboxylic acids is 1. The number of amides is 2. The SMILES string of the molecule is CN(C)c1cccc(CNC(=O)N2CCc3ccccc3C2CO)n1. The first kappa shape index (κ1) is 17.2. The molecule has 0 bridgehead atoms. The first-order valence-corrected chi connectivity index (χ1v) is 8.46. The van der Waals surface area contributed by atoms with Crippen molar-refractivity contribution < 1.29 is 9.90 Å². The van der Waals surface area contributed by atoms with Crippen molar-refractivity contribution in [3.8, 4) is 0 Å². The largest absolute Gasteiger partial charge is 0.394 e. The summed E-state index contributed by atoms with van der Waals surface area (Å²) in [6.07, 6.45) is 0.800. The fourth-order valence-electron chi connectivity index (χ4n) is 3.17. The van der Waals surface area contributed by atoms with Gasteiger partial charge in [0.1, 0.15) is 5.82 Å². The van der Waals surface area contributed by atoms with Crippen molar-refractivity contribution in [1.29, 1.82) is 0 Å². The van der Waals surface area contributed by atoms with Gasteiger partial charge in [0.2, 0.25) is 0 Å². The second kappa shape index (κ2) is 7.53. The van der Waals surface area contributed by atoms with E-state index in [1.165, 1.54) is 5.56 Å². The van der Waals surface area contributed by atoms with Gasteiger partial charge in [0.05, 0.1) is 24.9 Å². The molecule has 0 aliphatic carbocycles. The predicted molar refractivity (Wildman–Crippen MR) is 97.5 cm³/mol. The highest BCUT2D eigenvalue weighted by Gasteiger charge is 2.29. The molecule has 132 valence electrons. The predicted octanol–water partition coefficient (Wildman–Crippen LogP) is 1.95. The van der Waals surface area contributed by atoms with E-state index in [-0.39, 0.29) is 18.7 Å². The number of carbonyl (C=O) groups is 1. The molecule has 0 saturated heterocycles. The zero-order valence-corrected chi connectivity index (χ0v) is 14.6. The van der Waals surface area contributed by atoms with Gasteiger partial charge in [-0.1, -0.05) is 30.3 Å². The summed E-state index contributed by atoms with van der Waals surface area (Å²) in [6.45, 7) is 0.870. The number of nitrogens with one attached hydrogen (secondary N) is 1. The van der Waals surface area contributed by atoms with E-state index in [9.17, 15) is 9.90 Å². The van der Waals surface area contributed by atoms with Crippen molar-refractivity contribution in [2.75, 3.05) is 32.1 Å². The second-order valence-electron chi connectivity index (χ2n) is 6.38. The average molecular weight is 340 g/mol. The molecule has 2 heterocycles. The maximum absolute atomic E-state index is 12.6. The highest BCUT2D eigenvalue weighted by molar-refractivity contribution is 5.75. The Hall–Kier alpha value is -2.60. The van der Waals surface area contributed by atoms with Crippen molar-refractivity contribution in [2.24, 2.45) is 0 Å². The van der Waals surface area contributed by atoms with Gasteiger partial charge < -0.3 is 20.2 Å². The molecule has 1 unspecified atom stereocenters. The first-order chi connectivity index (χ1) is 12.1. The summed E-state index contributed by atoms with van der Waals surface area (Å²) >= 11 is 0. The summed E-state index contributed by atoms with van der Waals surface area (Å²) in [4.78, 5) is 20.8. The van der Waals surface area contributed by atoms with E-state index in [1.54, 1.807) is 4.90 Å². The molecular formula is C19H24N4O2. The Morgan fingerprint density at radius 3 is 2.84 bits per heavy atom. The average Bonchev–Trinajstić information content (AvgIpc) is 2.65. The van der Waals surface area contributed by atoms with Crippen molar-refractivity contribution >= 4 is 11.8 Å². The van der Waals surface area contributed by atoms with Crippen molar-refractivity contribution in [2.45, 2.75) is 19.0 Å². The number of rotatable bonds is 4.